The fourth-order valence-electron chi connectivity index (χ4n) is 3.10. The van der Waals surface area contributed by atoms with Gasteiger partial charge in [0.25, 0.3) is 0 Å². The Morgan fingerprint density at radius 3 is 2.95 bits per heavy atom. The predicted molar refractivity (Wildman–Crippen MR) is 86.4 cm³/mol. The predicted octanol–water partition coefficient (Wildman–Crippen LogP) is 2.69. The van der Waals surface area contributed by atoms with Crippen molar-refractivity contribution in [2.24, 2.45) is 5.92 Å². The van der Waals surface area contributed by atoms with E-state index in [1.54, 1.807) is 0 Å². The van der Waals surface area contributed by atoms with E-state index in [2.05, 4.69) is 27.3 Å². The first-order valence-electron chi connectivity index (χ1n) is 7.39. The minimum absolute atomic E-state index is 0.248. The van der Waals surface area contributed by atoms with E-state index in [1.165, 1.54) is 5.56 Å². The molecule has 0 saturated carbocycles. The number of fused-ring (bicyclic) bond motifs is 1. The Hall–Kier alpha value is -0.590. The number of hydrogen-bond acceptors (Lipinski definition) is 4. The van der Waals surface area contributed by atoms with Crippen LogP contribution >= 0.6 is 15.9 Å². The molecule has 0 aromatic heterocycles. The van der Waals surface area contributed by atoms with Crippen molar-refractivity contribution in [3.05, 3.63) is 28.2 Å². The van der Waals surface area contributed by atoms with Crippen LogP contribution in [0.5, 0.6) is 5.75 Å². The Morgan fingerprint density at radius 1 is 1.33 bits per heavy atom. The summed E-state index contributed by atoms with van der Waals surface area (Å²) in [5.41, 5.74) is 1.18. The van der Waals surface area contributed by atoms with Crippen LogP contribution < -0.4 is 10.1 Å². The van der Waals surface area contributed by atoms with Gasteiger partial charge in [0.05, 0.1) is 18.1 Å². The van der Waals surface area contributed by atoms with Crippen LogP contribution in [-0.2, 0) is 9.84 Å². The first-order chi connectivity index (χ1) is 10.0. The van der Waals surface area contributed by atoms with Crippen LogP contribution in [0.15, 0.2) is 22.7 Å². The van der Waals surface area contributed by atoms with Crippen molar-refractivity contribution >= 4 is 25.8 Å². The molecule has 6 heteroatoms. The summed E-state index contributed by atoms with van der Waals surface area (Å²) in [5, 5.41) is 3.56. The van der Waals surface area contributed by atoms with Crippen molar-refractivity contribution in [3.63, 3.8) is 0 Å². The van der Waals surface area contributed by atoms with E-state index >= 15 is 0 Å². The molecular formula is C15H20BrNO3S. The highest BCUT2D eigenvalue weighted by molar-refractivity contribution is 9.10. The third-order valence-corrected chi connectivity index (χ3v) is 6.56. The van der Waals surface area contributed by atoms with E-state index in [4.69, 9.17) is 4.74 Å². The molecular weight excluding hydrogens is 354 g/mol. The summed E-state index contributed by atoms with van der Waals surface area (Å²) in [4.78, 5) is 0. The number of rotatable bonds is 3. The summed E-state index contributed by atoms with van der Waals surface area (Å²) >= 11 is 3.47. The van der Waals surface area contributed by atoms with E-state index < -0.39 is 9.84 Å². The minimum atomic E-state index is -2.79. The first kappa shape index (κ1) is 15.3. The third-order valence-electron chi connectivity index (χ3n) is 4.23. The van der Waals surface area contributed by atoms with Gasteiger partial charge in [-0.2, -0.15) is 0 Å². The van der Waals surface area contributed by atoms with Crippen molar-refractivity contribution in [3.8, 4) is 5.75 Å². The molecule has 1 aromatic rings. The average molecular weight is 374 g/mol. The SMILES string of the molecule is O=S1(=O)CCC(CNC2CCCOc3cc(Br)ccc32)C1. The van der Waals surface area contributed by atoms with Crippen LogP contribution in [0.4, 0.5) is 0 Å². The van der Waals surface area contributed by atoms with E-state index in [0.29, 0.717) is 11.5 Å². The fraction of sp³-hybridized carbons (Fsp3) is 0.600. The molecule has 1 N–H and O–H groups in total. The van der Waals surface area contributed by atoms with Crippen LogP contribution in [0.25, 0.3) is 0 Å². The Morgan fingerprint density at radius 2 is 2.19 bits per heavy atom. The number of hydrogen-bond donors (Lipinski definition) is 1. The molecule has 1 fully saturated rings. The van der Waals surface area contributed by atoms with Gasteiger partial charge in [0.15, 0.2) is 9.84 Å². The number of ether oxygens (including phenoxy) is 1. The second-order valence-electron chi connectivity index (χ2n) is 5.90. The van der Waals surface area contributed by atoms with Crippen molar-refractivity contribution in [1.29, 1.82) is 0 Å². The standard InChI is InChI=1S/C15H20BrNO3S/c16-12-3-4-13-14(2-1-6-20-15(13)8-12)17-9-11-5-7-21(18,19)10-11/h3-4,8,11,14,17H,1-2,5-7,9-10H2. The van der Waals surface area contributed by atoms with Gasteiger partial charge in [-0.3, -0.25) is 0 Å². The zero-order chi connectivity index (χ0) is 14.9. The van der Waals surface area contributed by atoms with Crippen LogP contribution in [0.3, 0.4) is 0 Å². The lowest BCUT2D eigenvalue weighted by Crippen LogP contribution is -2.28. The van der Waals surface area contributed by atoms with Crippen molar-refractivity contribution in [1.82, 2.24) is 5.32 Å². The molecule has 0 aliphatic carbocycles. The molecule has 0 spiro atoms. The molecule has 2 atom stereocenters. The molecule has 116 valence electrons. The van der Waals surface area contributed by atoms with Gasteiger partial charge in [0, 0.05) is 16.1 Å². The number of benzene rings is 1. The summed E-state index contributed by atoms with van der Waals surface area (Å²) in [7, 11) is -2.79. The summed E-state index contributed by atoms with van der Waals surface area (Å²) in [6, 6.07) is 6.38. The van der Waals surface area contributed by atoms with E-state index in [0.717, 1.165) is 42.6 Å². The van der Waals surface area contributed by atoms with E-state index in [-0.39, 0.29) is 12.0 Å². The van der Waals surface area contributed by atoms with Gasteiger partial charge in [0.2, 0.25) is 0 Å². The summed E-state index contributed by atoms with van der Waals surface area (Å²) in [5.74, 6) is 1.85. The third kappa shape index (κ3) is 3.79. The van der Waals surface area contributed by atoms with Crippen molar-refractivity contribution < 1.29 is 13.2 Å². The van der Waals surface area contributed by atoms with E-state index in [1.807, 2.05) is 12.1 Å². The van der Waals surface area contributed by atoms with Crippen LogP contribution in [0, 0.1) is 5.92 Å². The first-order valence-corrected chi connectivity index (χ1v) is 10.0. The maximum absolute atomic E-state index is 11.5. The van der Waals surface area contributed by atoms with Crippen LogP contribution in [0.1, 0.15) is 30.9 Å². The molecule has 2 aliphatic rings. The zero-order valence-electron chi connectivity index (χ0n) is 11.8. The quantitative estimate of drug-likeness (QED) is 0.884. The van der Waals surface area contributed by atoms with Gasteiger partial charge in [-0.05, 0) is 43.9 Å². The molecule has 3 rings (SSSR count). The second-order valence-corrected chi connectivity index (χ2v) is 9.05. The Kier molecular flexibility index (Phi) is 4.57. The second kappa shape index (κ2) is 6.26. The molecule has 0 amide bonds. The summed E-state index contributed by atoms with van der Waals surface area (Å²) in [6.07, 6.45) is 2.81. The van der Waals surface area contributed by atoms with Crippen molar-refractivity contribution in [2.45, 2.75) is 25.3 Å². The molecule has 2 aliphatic heterocycles. The molecule has 0 radical (unpaired) electrons. The maximum Gasteiger partial charge on any atom is 0.150 e. The number of nitrogens with one attached hydrogen (secondary N) is 1. The van der Waals surface area contributed by atoms with Crippen molar-refractivity contribution in [2.75, 3.05) is 24.7 Å². The summed E-state index contributed by atoms with van der Waals surface area (Å²) in [6.45, 7) is 1.50. The zero-order valence-corrected chi connectivity index (χ0v) is 14.2. The van der Waals surface area contributed by atoms with Gasteiger partial charge in [-0.15, -0.1) is 0 Å². The molecule has 21 heavy (non-hydrogen) atoms. The lowest BCUT2D eigenvalue weighted by molar-refractivity contribution is 0.314. The smallest absolute Gasteiger partial charge is 0.150 e. The highest BCUT2D eigenvalue weighted by Gasteiger charge is 2.29. The largest absolute Gasteiger partial charge is 0.493 e. The van der Waals surface area contributed by atoms with Gasteiger partial charge in [-0.1, -0.05) is 22.0 Å². The average Bonchev–Trinajstić information content (AvgIpc) is 2.67. The minimum Gasteiger partial charge on any atom is -0.493 e. The molecule has 1 aromatic carbocycles. The molecule has 1 saturated heterocycles. The van der Waals surface area contributed by atoms with Gasteiger partial charge >= 0.3 is 0 Å². The van der Waals surface area contributed by atoms with Gasteiger partial charge in [-0.25, -0.2) is 8.42 Å². The Bertz CT molecular complexity index is 617. The topological polar surface area (TPSA) is 55.4 Å². The normalized spacial score (nSPS) is 27.7. The molecule has 2 heterocycles. The maximum atomic E-state index is 11.5. The van der Waals surface area contributed by atoms with Gasteiger partial charge < -0.3 is 10.1 Å². The molecule has 0 bridgehead atoms. The molecule has 2 unspecified atom stereocenters. The lowest BCUT2D eigenvalue weighted by Gasteiger charge is -2.20. The summed E-state index contributed by atoms with van der Waals surface area (Å²) < 4.78 is 29.9. The fourth-order valence-corrected chi connectivity index (χ4v) is 5.30. The number of halogens is 1. The number of sulfone groups is 1. The van der Waals surface area contributed by atoms with Gasteiger partial charge in [0.1, 0.15) is 5.75 Å². The lowest BCUT2D eigenvalue weighted by atomic mass is 10.0. The monoisotopic (exact) mass is 373 g/mol. The highest BCUT2D eigenvalue weighted by atomic mass is 79.9. The van der Waals surface area contributed by atoms with Crippen LogP contribution in [0.2, 0.25) is 0 Å². The van der Waals surface area contributed by atoms with Crippen LogP contribution in [-0.4, -0.2) is 33.1 Å². The Labute approximate surface area is 134 Å². The molecule has 4 nitrogen and oxygen atoms in total. The highest BCUT2D eigenvalue weighted by Crippen LogP contribution is 2.34. The Balaban J connectivity index is 1.68. The van der Waals surface area contributed by atoms with E-state index in [9.17, 15) is 8.42 Å².